The third kappa shape index (κ3) is 3.34. The zero-order valence-electron chi connectivity index (χ0n) is 11.8. The SMILES string of the molecule is COc1cc(/C=N/N=C(/N)c2nonc2N)c(OC)cc1Br. The molecule has 2 aromatic rings. The normalized spacial score (nSPS) is 11.9. The summed E-state index contributed by atoms with van der Waals surface area (Å²) in [7, 11) is 3.11. The van der Waals surface area contributed by atoms with E-state index in [1.165, 1.54) is 6.21 Å². The Hall–Kier alpha value is -2.62. The third-order valence-electron chi connectivity index (χ3n) is 2.62. The number of aromatic nitrogens is 2. The molecule has 0 unspecified atom stereocenters. The first-order chi connectivity index (χ1) is 10.6. The molecule has 0 aliphatic rings. The molecule has 4 N–H and O–H groups in total. The average molecular weight is 369 g/mol. The molecule has 1 aromatic heterocycles. The quantitative estimate of drug-likeness (QED) is 0.459. The van der Waals surface area contributed by atoms with E-state index < -0.39 is 0 Å². The first kappa shape index (κ1) is 15.8. The van der Waals surface area contributed by atoms with Gasteiger partial charge in [0.15, 0.2) is 17.3 Å². The van der Waals surface area contributed by atoms with Crippen molar-refractivity contribution >= 4 is 33.8 Å². The summed E-state index contributed by atoms with van der Waals surface area (Å²) in [5, 5.41) is 14.6. The topological polar surface area (TPSA) is 134 Å². The lowest BCUT2D eigenvalue weighted by atomic mass is 10.2. The monoisotopic (exact) mass is 368 g/mol. The smallest absolute Gasteiger partial charge is 0.199 e. The number of hydrogen-bond acceptors (Lipinski definition) is 8. The van der Waals surface area contributed by atoms with E-state index in [2.05, 4.69) is 41.1 Å². The molecule has 0 aliphatic heterocycles. The van der Waals surface area contributed by atoms with Gasteiger partial charge in [-0.3, -0.25) is 0 Å². The second-order valence-corrected chi connectivity index (χ2v) is 4.81. The van der Waals surface area contributed by atoms with Gasteiger partial charge in [0.2, 0.25) is 0 Å². The van der Waals surface area contributed by atoms with Gasteiger partial charge in [-0.1, -0.05) is 0 Å². The lowest BCUT2D eigenvalue weighted by molar-refractivity contribution is 0.308. The summed E-state index contributed by atoms with van der Waals surface area (Å²) >= 11 is 3.37. The van der Waals surface area contributed by atoms with Gasteiger partial charge in [-0.15, -0.1) is 5.10 Å². The number of anilines is 1. The van der Waals surface area contributed by atoms with Gasteiger partial charge in [0, 0.05) is 5.56 Å². The van der Waals surface area contributed by atoms with Gasteiger partial charge in [-0.2, -0.15) is 5.10 Å². The molecule has 10 heteroatoms. The van der Waals surface area contributed by atoms with E-state index in [1.807, 2.05) is 0 Å². The molecule has 0 saturated heterocycles. The van der Waals surface area contributed by atoms with E-state index in [0.717, 1.165) is 4.47 Å². The highest BCUT2D eigenvalue weighted by molar-refractivity contribution is 9.10. The Labute approximate surface area is 134 Å². The maximum atomic E-state index is 5.69. The molecule has 9 nitrogen and oxygen atoms in total. The van der Waals surface area contributed by atoms with Crippen LogP contribution in [0.1, 0.15) is 11.3 Å². The highest BCUT2D eigenvalue weighted by Crippen LogP contribution is 2.31. The van der Waals surface area contributed by atoms with Crippen LogP contribution in [0.15, 0.2) is 31.4 Å². The molecule has 0 aliphatic carbocycles. The Morgan fingerprint density at radius 3 is 2.59 bits per heavy atom. The van der Waals surface area contributed by atoms with Gasteiger partial charge in [0.25, 0.3) is 0 Å². The molecular weight excluding hydrogens is 356 g/mol. The maximum absolute atomic E-state index is 5.69. The number of methoxy groups -OCH3 is 2. The van der Waals surface area contributed by atoms with E-state index >= 15 is 0 Å². The Kier molecular flexibility index (Phi) is 4.94. The molecule has 22 heavy (non-hydrogen) atoms. The molecule has 0 radical (unpaired) electrons. The summed E-state index contributed by atoms with van der Waals surface area (Å²) in [6, 6.07) is 3.50. The van der Waals surface area contributed by atoms with Crippen molar-refractivity contribution in [1.29, 1.82) is 0 Å². The second-order valence-electron chi connectivity index (χ2n) is 3.96. The van der Waals surface area contributed by atoms with Crippen LogP contribution < -0.4 is 20.9 Å². The van der Waals surface area contributed by atoms with Crippen molar-refractivity contribution in [2.24, 2.45) is 15.9 Å². The Morgan fingerprint density at radius 2 is 2.00 bits per heavy atom. The van der Waals surface area contributed by atoms with E-state index in [9.17, 15) is 0 Å². The second kappa shape index (κ2) is 6.89. The lowest BCUT2D eigenvalue weighted by Gasteiger charge is -2.08. The van der Waals surface area contributed by atoms with E-state index in [-0.39, 0.29) is 17.3 Å². The average Bonchev–Trinajstić information content (AvgIpc) is 2.94. The Bertz CT molecular complexity index is 728. The number of rotatable bonds is 5. The summed E-state index contributed by atoms with van der Waals surface area (Å²) in [5.41, 5.74) is 12.0. The van der Waals surface area contributed by atoms with Crippen LogP contribution in [-0.4, -0.2) is 36.6 Å². The van der Waals surface area contributed by atoms with Crippen molar-refractivity contribution in [3.63, 3.8) is 0 Å². The zero-order valence-corrected chi connectivity index (χ0v) is 13.4. The van der Waals surface area contributed by atoms with Crippen LogP contribution in [0, 0.1) is 0 Å². The molecule has 2 rings (SSSR count). The highest BCUT2D eigenvalue weighted by Gasteiger charge is 2.10. The zero-order chi connectivity index (χ0) is 16.1. The number of ether oxygens (including phenoxy) is 2. The number of hydrogen-bond donors (Lipinski definition) is 2. The fraction of sp³-hybridized carbons (Fsp3) is 0.167. The standard InChI is InChI=1S/C12H13BrN6O3/c1-20-8-4-7(13)9(21-2)3-6(8)5-16-17-11(14)10-12(15)19-22-18-10/h3-5H,1-2H3,(H2,14,17)(H2,15,19)/b16-5+. The van der Waals surface area contributed by atoms with Crippen molar-refractivity contribution in [3.8, 4) is 11.5 Å². The first-order valence-corrected chi connectivity index (χ1v) is 6.72. The van der Waals surface area contributed by atoms with Crippen molar-refractivity contribution in [2.45, 2.75) is 0 Å². The number of nitrogens with zero attached hydrogens (tertiary/aromatic N) is 4. The van der Waals surface area contributed by atoms with E-state index in [0.29, 0.717) is 17.1 Å². The fourth-order valence-electron chi connectivity index (χ4n) is 1.56. The summed E-state index contributed by atoms with van der Waals surface area (Å²) in [5.74, 6) is 1.24. The molecule has 0 spiro atoms. The predicted molar refractivity (Wildman–Crippen MR) is 84.3 cm³/mol. The number of nitrogen functional groups attached to an aromatic ring is 1. The van der Waals surface area contributed by atoms with E-state index in [4.69, 9.17) is 20.9 Å². The molecule has 0 saturated carbocycles. The molecule has 1 heterocycles. The minimum atomic E-state index is -0.0157. The van der Waals surface area contributed by atoms with Gasteiger partial charge in [-0.05, 0) is 38.4 Å². The lowest BCUT2D eigenvalue weighted by Crippen LogP contribution is -2.15. The molecule has 0 amide bonds. The van der Waals surface area contributed by atoms with Crippen LogP contribution in [0.3, 0.4) is 0 Å². The fourth-order valence-corrected chi connectivity index (χ4v) is 2.04. The molecule has 0 atom stereocenters. The van der Waals surface area contributed by atoms with Crippen molar-refractivity contribution in [2.75, 3.05) is 20.0 Å². The third-order valence-corrected chi connectivity index (χ3v) is 3.24. The van der Waals surface area contributed by atoms with Gasteiger partial charge < -0.3 is 20.9 Å². The van der Waals surface area contributed by atoms with Crippen molar-refractivity contribution in [1.82, 2.24) is 10.3 Å². The highest BCUT2D eigenvalue weighted by atomic mass is 79.9. The first-order valence-electron chi connectivity index (χ1n) is 5.93. The van der Waals surface area contributed by atoms with Crippen LogP contribution in [0.5, 0.6) is 11.5 Å². The van der Waals surface area contributed by atoms with Crippen LogP contribution in [0.4, 0.5) is 5.82 Å². The van der Waals surface area contributed by atoms with Gasteiger partial charge in [0.05, 0.1) is 24.9 Å². The van der Waals surface area contributed by atoms with Crippen molar-refractivity contribution < 1.29 is 14.1 Å². The summed E-state index contributed by atoms with van der Waals surface area (Å²) in [4.78, 5) is 0. The van der Waals surface area contributed by atoms with Crippen molar-refractivity contribution in [3.05, 3.63) is 27.9 Å². The van der Waals surface area contributed by atoms with Crippen LogP contribution in [0.25, 0.3) is 0 Å². The van der Waals surface area contributed by atoms with Gasteiger partial charge >= 0.3 is 0 Å². The van der Waals surface area contributed by atoms with Crippen LogP contribution in [-0.2, 0) is 0 Å². The molecule has 0 bridgehead atoms. The maximum Gasteiger partial charge on any atom is 0.199 e. The molecule has 0 fully saturated rings. The summed E-state index contributed by atoms with van der Waals surface area (Å²) in [6.45, 7) is 0. The predicted octanol–water partition coefficient (Wildman–Crippen LogP) is 1.17. The minimum Gasteiger partial charge on any atom is -0.496 e. The molecular formula is C12H13BrN6O3. The van der Waals surface area contributed by atoms with E-state index in [1.54, 1.807) is 26.4 Å². The van der Waals surface area contributed by atoms with Crippen LogP contribution >= 0.6 is 15.9 Å². The largest absolute Gasteiger partial charge is 0.496 e. The Balaban J connectivity index is 2.28. The van der Waals surface area contributed by atoms with Gasteiger partial charge in [0.1, 0.15) is 11.5 Å². The number of nitrogens with two attached hydrogens (primary N) is 2. The summed E-state index contributed by atoms with van der Waals surface area (Å²) < 4.78 is 15.7. The Morgan fingerprint density at radius 1 is 1.27 bits per heavy atom. The van der Waals surface area contributed by atoms with Crippen LogP contribution in [0.2, 0.25) is 0 Å². The molecule has 1 aromatic carbocycles. The minimum absolute atomic E-state index is 0.0157. The van der Waals surface area contributed by atoms with Gasteiger partial charge in [-0.25, -0.2) is 4.63 Å². The number of amidine groups is 1. The number of halogens is 1. The number of benzene rings is 1. The summed E-state index contributed by atoms with van der Waals surface area (Å²) in [6.07, 6.45) is 1.46. The molecule has 116 valence electrons.